The minimum atomic E-state index is 0.345. The Balaban J connectivity index is 3.81. The number of hydrogen-bond donors (Lipinski definition) is 0. The molecule has 0 heterocycles. The molecule has 0 aromatic rings. The van der Waals surface area contributed by atoms with Crippen LogP contribution in [0.2, 0.25) is 0 Å². The summed E-state index contributed by atoms with van der Waals surface area (Å²) in [6.07, 6.45) is 12.0. The fourth-order valence-electron chi connectivity index (χ4n) is 3.43. The Kier molecular flexibility index (Phi) is 16.4. The van der Waals surface area contributed by atoms with Crippen molar-refractivity contribution in [1.82, 2.24) is 0 Å². The zero-order chi connectivity index (χ0) is 20.7. The van der Waals surface area contributed by atoms with E-state index < -0.39 is 0 Å². The summed E-state index contributed by atoms with van der Waals surface area (Å²) in [5.74, 6) is 2.15. The fourth-order valence-corrected chi connectivity index (χ4v) is 3.43. The third-order valence-electron chi connectivity index (χ3n) is 5.47. The van der Waals surface area contributed by atoms with Gasteiger partial charge in [0.25, 0.3) is 0 Å². The van der Waals surface area contributed by atoms with Crippen molar-refractivity contribution in [2.24, 2.45) is 17.8 Å². The molecule has 162 valence electrons. The van der Waals surface area contributed by atoms with Crippen LogP contribution in [0.1, 0.15) is 106 Å². The molecule has 2 heteroatoms. The Morgan fingerprint density at radius 2 is 1.33 bits per heavy atom. The van der Waals surface area contributed by atoms with Gasteiger partial charge in [-0.1, -0.05) is 52.5 Å². The Morgan fingerprint density at radius 3 is 1.93 bits per heavy atom. The van der Waals surface area contributed by atoms with Crippen molar-refractivity contribution in [3.63, 3.8) is 0 Å². The topological polar surface area (TPSA) is 18.5 Å². The fraction of sp³-hybridized carbons (Fsp3) is 0.920. The lowest BCUT2D eigenvalue weighted by molar-refractivity contribution is 0.00907. The minimum absolute atomic E-state index is 0.345. The van der Waals surface area contributed by atoms with E-state index in [1.807, 2.05) is 0 Å². The van der Waals surface area contributed by atoms with Crippen molar-refractivity contribution < 1.29 is 9.47 Å². The molecule has 0 saturated carbocycles. The van der Waals surface area contributed by atoms with E-state index in [2.05, 4.69) is 55.0 Å². The van der Waals surface area contributed by atoms with Gasteiger partial charge in [0.1, 0.15) is 0 Å². The number of allylic oxidation sites excluding steroid dienone is 1. The van der Waals surface area contributed by atoms with Gasteiger partial charge < -0.3 is 9.47 Å². The van der Waals surface area contributed by atoms with E-state index in [1.54, 1.807) is 0 Å². The maximum absolute atomic E-state index is 6.25. The molecule has 2 nitrogen and oxygen atoms in total. The maximum atomic E-state index is 6.25. The molecular formula is C25H50O2. The quantitative estimate of drug-likeness (QED) is 0.178. The second kappa shape index (κ2) is 16.6. The molecule has 3 unspecified atom stereocenters. The average Bonchev–Trinajstić information content (AvgIpc) is 2.56. The van der Waals surface area contributed by atoms with Crippen LogP contribution in [-0.2, 0) is 9.47 Å². The summed E-state index contributed by atoms with van der Waals surface area (Å²) in [7, 11) is 0. The van der Waals surface area contributed by atoms with E-state index in [1.165, 1.54) is 56.9 Å². The average molecular weight is 383 g/mol. The molecule has 0 N–H and O–H groups in total. The molecule has 0 radical (unpaired) electrons. The number of unbranched alkanes of at least 4 members (excludes halogenated alkanes) is 1. The van der Waals surface area contributed by atoms with Gasteiger partial charge in [-0.05, 0) is 77.0 Å². The van der Waals surface area contributed by atoms with E-state index in [4.69, 9.17) is 9.47 Å². The van der Waals surface area contributed by atoms with Crippen LogP contribution < -0.4 is 0 Å². The van der Waals surface area contributed by atoms with Crippen molar-refractivity contribution in [3.05, 3.63) is 12.2 Å². The third kappa shape index (κ3) is 17.5. The number of hydrogen-bond acceptors (Lipinski definition) is 2. The van der Waals surface area contributed by atoms with E-state index in [0.29, 0.717) is 24.0 Å². The molecule has 0 aliphatic rings. The molecule has 27 heavy (non-hydrogen) atoms. The normalized spacial score (nSPS) is 15.3. The predicted octanol–water partition coefficient (Wildman–Crippen LogP) is 7.81. The molecule has 0 saturated heterocycles. The molecule has 0 amide bonds. The van der Waals surface area contributed by atoms with Crippen molar-refractivity contribution in [2.45, 2.75) is 118 Å². The van der Waals surface area contributed by atoms with Crippen molar-refractivity contribution >= 4 is 0 Å². The lowest BCUT2D eigenvalue weighted by Gasteiger charge is -2.23. The highest BCUT2D eigenvalue weighted by Crippen LogP contribution is 2.20. The van der Waals surface area contributed by atoms with Gasteiger partial charge in [-0.2, -0.15) is 0 Å². The molecule has 0 aromatic heterocycles. The molecular weight excluding hydrogens is 332 g/mol. The third-order valence-corrected chi connectivity index (χ3v) is 5.47. The first-order valence-corrected chi connectivity index (χ1v) is 11.6. The van der Waals surface area contributed by atoms with Crippen LogP contribution in [0.15, 0.2) is 12.2 Å². The highest BCUT2D eigenvalue weighted by molar-refractivity contribution is 4.87. The van der Waals surface area contributed by atoms with E-state index in [9.17, 15) is 0 Å². The first kappa shape index (κ1) is 26.7. The smallest absolute Gasteiger partial charge is 0.0598 e. The minimum Gasteiger partial charge on any atom is -0.379 e. The van der Waals surface area contributed by atoms with Crippen LogP contribution in [0.5, 0.6) is 0 Å². The van der Waals surface area contributed by atoms with Crippen LogP contribution in [0.25, 0.3) is 0 Å². The molecule has 0 aliphatic heterocycles. The SMILES string of the molecule is C=C(C)CCCC(C)CCCCOC(CCC(C)CCOC(C)C)C(C)C. The molecule has 0 spiro atoms. The van der Waals surface area contributed by atoms with Gasteiger partial charge in [0.05, 0.1) is 12.2 Å². The summed E-state index contributed by atoms with van der Waals surface area (Å²) in [4.78, 5) is 0. The largest absolute Gasteiger partial charge is 0.379 e. The van der Waals surface area contributed by atoms with Gasteiger partial charge in [-0.15, -0.1) is 6.58 Å². The van der Waals surface area contributed by atoms with Gasteiger partial charge >= 0.3 is 0 Å². The first-order chi connectivity index (χ1) is 12.7. The Labute approximate surface area is 171 Å². The van der Waals surface area contributed by atoms with Crippen molar-refractivity contribution in [3.8, 4) is 0 Å². The lowest BCUT2D eigenvalue weighted by Crippen LogP contribution is -2.21. The second-order valence-electron chi connectivity index (χ2n) is 9.49. The van der Waals surface area contributed by atoms with Crippen LogP contribution in [0.4, 0.5) is 0 Å². The van der Waals surface area contributed by atoms with Crippen LogP contribution in [0.3, 0.4) is 0 Å². The summed E-state index contributed by atoms with van der Waals surface area (Å²) >= 11 is 0. The van der Waals surface area contributed by atoms with E-state index in [-0.39, 0.29) is 0 Å². The summed E-state index contributed by atoms with van der Waals surface area (Å²) in [5, 5.41) is 0. The molecule has 0 aromatic carbocycles. The van der Waals surface area contributed by atoms with Crippen LogP contribution >= 0.6 is 0 Å². The monoisotopic (exact) mass is 382 g/mol. The summed E-state index contributed by atoms with van der Waals surface area (Å²) in [6, 6.07) is 0. The highest BCUT2D eigenvalue weighted by atomic mass is 16.5. The maximum Gasteiger partial charge on any atom is 0.0598 e. The molecule has 0 bridgehead atoms. The van der Waals surface area contributed by atoms with E-state index >= 15 is 0 Å². The van der Waals surface area contributed by atoms with E-state index in [0.717, 1.165) is 25.6 Å². The zero-order valence-corrected chi connectivity index (χ0v) is 19.7. The summed E-state index contributed by atoms with van der Waals surface area (Å²) in [5.41, 5.74) is 1.32. The summed E-state index contributed by atoms with van der Waals surface area (Å²) in [6.45, 7) is 21.5. The van der Waals surface area contributed by atoms with Gasteiger partial charge in [0.2, 0.25) is 0 Å². The highest BCUT2D eigenvalue weighted by Gasteiger charge is 2.15. The lowest BCUT2D eigenvalue weighted by atomic mass is 9.95. The van der Waals surface area contributed by atoms with Gasteiger partial charge in [0.15, 0.2) is 0 Å². The first-order valence-electron chi connectivity index (χ1n) is 11.6. The number of ether oxygens (including phenoxy) is 2. The Bertz CT molecular complexity index is 348. The number of rotatable bonds is 18. The van der Waals surface area contributed by atoms with Gasteiger partial charge in [0, 0.05) is 13.2 Å². The Morgan fingerprint density at radius 1 is 0.704 bits per heavy atom. The van der Waals surface area contributed by atoms with Crippen LogP contribution in [-0.4, -0.2) is 25.4 Å². The molecule has 3 atom stereocenters. The molecule has 0 fully saturated rings. The molecule has 0 rings (SSSR count). The predicted molar refractivity (Wildman–Crippen MR) is 120 cm³/mol. The standard InChI is InChI=1S/C25H50O2/c1-20(2)12-11-14-23(7)13-9-10-18-27-25(21(3)4)16-15-24(8)17-19-26-22(5)6/h21-25H,1,9-19H2,2-8H3. The summed E-state index contributed by atoms with van der Waals surface area (Å²) < 4.78 is 11.9. The zero-order valence-electron chi connectivity index (χ0n) is 19.7. The Hall–Kier alpha value is -0.340. The molecule has 0 aliphatic carbocycles. The van der Waals surface area contributed by atoms with Crippen molar-refractivity contribution in [1.29, 1.82) is 0 Å². The van der Waals surface area contributed by atoms with Crippen molar-refractivity contribution in [2.75, 3.05) is 13.2 Å². The van der Waals surface area contributed by atoms with Gasteiger partial charge in [-0.3, -0.25) is 0 Å². The van der Waals surface area contributed by atoms with Crippen LogP contribution in [0, 0.1) is 17.8 Å². The van der Waals surface area contributed by atoms with Gasteiger partial charge in [-0.25, -0.2) is 0 Å². The second-order valence-corrected chi connectivity index (χ2v) is 9.49.